The first-order valence-electron chi connectivity index (χ1n) is 3.42. The van der Waals surface area contributed by atoms with E-state index in [-0.39, 0.29) is 0 Å². The van der Waals surface area contributed by atoms with Crippen molar-refractivity contribution in [2.45, 2.75) is 24.4 Å². The number of rotatable bonds is 2. The van der Waals surface area contributed by atoms with Gasteiger partial charge in [0.15, 0.2) is 12.2 Å². The van der Waals surface area contributed by atoms with Crippen molar-refractivity contribution in [2.75, 3.05) is 0 Å². The zero-order chi connectivity index (χ0) is 10.2. The van der Waals surface area contributed by atoms with Crippen molar-refractivity contribution in [3.8, 4) is 0 Å². The number of hydrogen-bond donors (Lipinski definition) is 4. The molecule has 0 bridgehead atoms. The van der Waals surface area contributed by atoms with Crippen molar-refractivity contribution in [1.82, 2.24) is 0 Å². The highest BCUT2D eigenvalue weighted by Gasteiger charge is 2.49. The molecule has 7 nitrogen and oxygen atoms in total. The number of carbonyl (C=O) groups is 2. The van der Waals surface area contributed by atoms with E-state index in [2.05, 4.69) is 4.74 Å². The van der Waals surface area contributed by atoms with Gasteiger partial charge in [-0.05, 0) is 0 Å². The summed E-state index contributed by atoms with van der Waals surface area (Å²) < 4.78 is 4.41. The van der Waals surface area contributed by atoms with Crippen LogP contribution in [0.2, 0.25) is 0 Å². The summed E-state index contributed by atoms with van der Waals surface area (Å²) in [4.78, 5) is 20.7. The molecule has 7 heteroatoms. The van der Waals surface area contributed by atoms with Crippen molar-refractivity contribution in [1.29, 1.82) is 0 Å². The third-order valence-corrected chi connectivity index (χ3v) is 1.75. The second-order valence-electron chi connectivity index (χ2n) is 2.63. The molecule has 74 valence electrons. The van der Waals surface area contributed by atoms with Crippen molar-refractivity contribution in [2.24, 2.45) is 0 Å². The Hall–Kier alpha value is -1.18. The Kier molecular flexibility index (Phi) is 2.50. The number of aliphatic hydroxyl groups excluding tert-OH is 2. The SMILES string of the molecule is O=C(O)[C@H]1O[C@H](C(=O)O)[C@@H](O)[C@H]1O. The molecular weight excluding hydrogens is 184 g/mol. The number of aliphatic hydroxyl groups is 2. The Morgan fingerprint density at radius 2 is 1.23 bits per heavy atom. The monoisotopic (exact) mass is 192 g/mol. The standard InChI is InChI=1S/C6H8O7/c7-1-2(8)4(6(11)12)13-3(1)5(9)10/h1-4,7-8H,(H,9,10)(H,11,12)/t1-,2+,3-,4-/m0/s1. The third-order valence-electron chi connectivity index (χ3n) is 1.75. The summed E-state index contributed by atoms with van der Waals surface area (Å²) in [5, 5.41) is 34.9. The number of aliphatic carboxylic acids is 2. The lowest BCUT2D eigenvalue weighted by atomic mass is 10.1. The van der Waals surface area contributed by atoms with Gasteiger partial charge in [0.2, 0.25) is 0 Å². The number of hydrogen-bond acceptors (Lipinski definition) is 5. The van der Waals surface area contributed by atoms with E-state index in [1.165, 1.54) is 0 Å². The molecule has 0 amide bonds. The first-order valence-corrected chi connectivity index (χ1v) is 3.42. The molecule has 1 aliphatic rings. The zero-order valence-corrected chi connectivity index (χ0v) is 6.32. The molecule has 1 fully saturated rings. The van der Waals surface area contributed by atoms with Crippen LogP contribution in [-0.2, 0) is 14.3 Å². The topological polar surface area (TPSA) is 124 Å². The fraction of sp³-hybridized carbons (Fsp3) is 0.667. The van der Waals surface area contributed by atoms with Gasteiger partial charge in [0.1, 0.15) is 12.2 Å². The zero-order valence-electron chi connectivity index (χ0n) is 6.32. The lowest BCUT2D eigenvalue weighted by molar-refractivity contribution is -0.160. The molecule has 4 N–H and O–H groups in total. The fourth-order valence-corrected chi connectivity index (χ4v) is 1.09. The fourth-order valence-electron chi connectivity index (χ4n) is 1.09. The molecule has 4 atom stereocenters. The molecule has 0 aromatic heterocycles. The largest absolute Gasteiger partial charge is 0.479 e. The van der Waals surface area contributed by atoms with Gasteiger partial charge in [0.05, 0.1) is 0 Å². The Morgan fingerprint density at radius 3 is 1.38 bits per heavy atom. The van der Waals surface area contributed by atoms with Gasteiger partial charge >= 0.3 is 11.9 Å². The van der Waals surface area contributed by atoms with Gasteiger partial charge < -0.3 is 25.2 Å². The summed E-state index contributed by atoms with van der Waals surface area (Å²) in [5.74, 6) is -3.01. The van der Waals surface area contributed by atoms with E-state index in [0.29, 0.717) is 0 Å². The van der Waals surface area contributed by atoms with Crippen LogP contribution in [0.5, 0.6) is 0 Å². The maximum absolute atomic E-state index is 10.3. The summed E-state index contributed by atoms with van der Waals surface area (Å²) in [5.41, 5.74) is 0. The average molecular weight is 192 g/mol. The van der Waals surface area contributed by atoms with Crippen LogP contribution < -0.4 is 0 Å². The van der Waals surface area contributed by atoms with Gasteiger partial charge in [-0.1, -0.05) is 0 Å². The summed E-state index contributed by atoms with van der Waals surface area (Å²) in [7, 11) is 0. The van der Waals surface area contributed by atoms with Crippen molar-refractivity contribution < 1.29 is 34.8 Å². The molecule has 1 saturated heterocycles. The normalized spacial score (nSPS) is 38.9. The summed E-state index contributed by atoms with van der Waals surface area (Å²) in [6.45, 7) is 0. The molecular formula is C6H8O7. The molecule has 1 aliphatic heterocycles. The predicted octanol–water partition coefficient (Wildman–Crippen LogP) is -2.36. The molecule has 0 saturated carbocycles. The highest BCUT2D eigenvalue weighted by Crippen LogP contribution is 2.21. The number of carboxylic acids is 2. The minimum atomic E-state index is -1.71. The van der Waals surface area contributed by atoms with Gasteiger partial charge in [-0.15, -0.1) is 0 Å². The van der Waals surface area contributed by atoms with Crippen LogP contribution in [-0.4, -0.2) is 56.8 Å². The van der Waals surface area contributed by atoms with Crippen LogP contribution in [0.3, 0.4) is 0 Å². The smallest absolute Gasteiger partial charge is 0.335 e. The van der Waals surface area contributed by atoms with Gasteiger partial charge in [0, 0.05) is 0 Å². The molecule has 0 aromatic rings. The summed E-state index contributed by atoms with van der Waals surface area (Å²) >= 11 is 0. The molecule has 13 heavy (non-hydrogen) atoms. The molecule has 0 unspecified atom stereocenters. The highest BCUT2D eigenvalue weighted by molar-refractivity contribution is 5.78. The van der Waals surface area contributed by atoms with E-state index < -0.39 is 36.4 Å². The van der Waals surface area contributed by atoms with Crippen LogP contribution in [0.25, 0.3) is 0 Å². The third kappa shape index (κ3) is 1.62. The number of ether oxygens (including phenoxy) is 1. The first-order chi connectivity index (χ1) is 5.95. The quantitative estimate of drug-likeness (QED) is 0.386. The van der Waals surface area contributed by atoms with Crippen LogP contribution in [0, 0.1) is 0 Å². The Labute approximate surface area is 72.2 Å². The second-order valence-corrected chi connectivity index (χ2v) is 2.63. The maximum atomic E-state index is 10.3. The second kappa shape index (κ2) is 3.29. The van der Waals surface area contributed by atoms with Crippen molar-refractivity contribution in [3.05, 3.63) is 0 Å². The van der Waals surface area contributed by atoms with Gasteiger partial charge in [0.25, 0.3) is 0 Å². The van der Waals surface area contributed by atoms with Crippen molar-refractivity contribution >= 4 is 11.9 Å². The van der Waals surface area contributed by atoms with E-state index >= 15 is 0 Å². The first kappa shape index (κ1) is 9.90. The molecule has 0 aliphatic carbocycles. The maximum Gasteiger partial charge on any atom is 0.335 e. The predicted molar refractivity (Wildman–Crippen MR) is 35.9 cm³/mol. The van der Waals surface area contributed by atoms with E-state index in [9.17, 15) is 9.59 Å². The van der Waals surface area contributed by atoms with Gasteiger partial charge in [-0.2, -0.15) is 0 Å². The minimum Gasteiger partial charge on any atom is -0.479 e. The Bertz CT molecular complexity index is 213. The summed E-state index contributed by atoms with van der Waals surface area (Å²) in [6, 6.07) is 0. The van der Waals surface area contributed by atoms with Crippen LogP contribution >= 0.6 is 0 Å². The van der Waals surface area contributed by atoms with E-state index in [1.807, 2.05) is 0 Å². The lowest BCUT2D eigenvalue weighted by Crippen LogP contribution is -2.37. The molecule has 0 spiro atoms. The Balaban J connectivity index is 2.78. The molecule has 1 rings (SSSR count). The molecule has 0 aromatic carbocycles. The Morgan fingerprint density at radius 1 is 0.923 bits per heavy atom. The van der Waals surface area contributed by atoms with Gasteiger partial charge in [-0.3, -0.25) is 0 Å². The number of carboxylic acid groups (broad SMARTS) is 2. The van der Waals surface area contributed by atoms with Crippen LogP contribution in [0.4, 0.5) is 0 Å². The summed E-state index contributed by atoms with van der Waals surface area (Å²) in [6.07, 6.45) is -6.79. The van der Waals surface area contributed by atoms with E-state index in [4.69, 9.17) is 20.4 Å². The average Bonchev–Trinajstić information content (AvgIpc) is 2.29. The highest BCUT2D eigenvalue weighted by atomic mass is 16.6. The van der Waals surface area contributed by atoms with Crippen LogP contribution in [0.15, 0.2) is 0 Å². The van der Waals surface area contributed by atoms with E-state index in [0.717, 1.165) is 0 Å². The molecule has 0 radical (unpaired) electrons. The minimum absolute atomic E-state index is 1.50. The van der Waals surface area contributed by atoms with Crippen molar-refractivity contribution in [3.63, 3.8) is 0 Å². The van der Waals surface area contributed by atoms with E-state index in [1.54, 1.807) is 0 Å². The molecule has 1 heterocycles. The lowest BCUT2D eigenvalue weighted by Gasteiger charge is -2.09. The van der Waals surface area contributed by atoms with Gasteiger partial charge in [-0.25, -0.2) is 9.59 Å². The van der Waals surface area contributed by atoms with Crippen LogP contribution in [0.1, 0.15) is 0 Å².